The Labute approximate surface area is 184 Å². The van der Waals surface area contributed by atoms with Crippen molar-refractivity contribution in [1.82, 2.24) is 20.1 Å². The van der Waals surface area contributed by atoms with Crippen LogP contribution in [0.3, 0.4) is 0 Å². The van der Waals surface area contributed by atoms with Crippen LogP contribution in [-0.4, -0.2) is 27.9 Å². The van der Waals surface area contributed by atoms with Crippen LogP contribution in [0.2, 0.25) is 10.0 Å². The number of rotatable bonds is 6. The first-order valence-corrected chi connectivity index (χ1v) is 10.5. The lowest BCUT2D eigenvalue weighted by molar-refractivity contribution is 0.227. The summed E-state index contributed by atoms with van der Waals surface area (Å²) in [5.74, 6) is 0.613. The van der Waals surface area contributed by atoms with Gasteiger partial charge in [0.1, 0.15) is 11.9 Å². The lowest BCUT2D eigenvalue weighted by Gasteiger charge is -2.19. The van der Waals surface area contributed by atoms with Gasteiger partial charge in [0.05, 0.1) is 11.2 Å². The number of nitrogens with two attached hydrogens (primary N) is 1. The van der Waals surface area contributed by atoms with E-state index in [9.17, 15) is 4.39 Å². The van der Waals surface area contributed by atoms with Crippen molar-refractivity contribution < 1.29 is 9.13 Å². The van der Waals surface area contributed by atoms with Crippen LogP contribution in [0, 0.1) is 11.7 Å². The zero-order valence-corrected chi connectivity index (χ0v) is 17.9. The van der Waals surface area contributed by atoms with E-state index < -0.39 is 11.9 Å². The molecule has 0 radical (unpaired) electrons. The van der Waals surface area contributed by atoms with Crippen LogP contribution < -0.4 is 15.8 Å². The SMILES string of the molecule is CC(Oc1cc(-c2cnn(CC3CCNC3)c2)cnc1N)c1c(Cl)ccc(F)c1Cl. The molecule has 158 valence electrons. The number of nitrogens with one attached hydrogen (secondary N) is 1. The zero-order valence-electron chi connectivity index (χ0n) is 16.4. The summed E-state index contributed by atoms with van der Waals surface area (Å²) in [6.45, 7) is 4.66. The van der Waals surface area contributed by atoms with Crippen LogP contribution in [0.4, 0.5) is 10.2 Å². The van der Waals surface area contributed by atoms with E-state index in [1.54, 1.807) is 25.4 Å². The van der Waals surface area contributed by atoms with E-state index >= 15 is 0 Å². The molecule has 0 spiro atoms. The van der Waals surface area contributed by atoms with Crippen molar-refractivity contribution in [3.05, 3.63) is 58.2 Å². The smallest absolute Gasteiger partial charge is 0.166 e. The van der Waals surface area contributed by atoms with Crippen molar-refractivity contribution >= 4 is 29.0 Å². The predicted molar refractivity (Wildman–Crippen MR) is 116 cm³/mol. The second kappa shape index (κ2) is 8.79. The van der Waals surface area contributed by atoms with E-state index in [4.69, 9.17) is 33.7 Å². The lowest BCUT2D eigenvalue weighted by atomic mass is 10.1. The molecule has 6 nitrogen and oxygen atoms in total. The van der Waals surface area contributed by atoms with E-state index in [-0.39, 0.29) is 10.8 Å². The van der Waals surface area contributed by atoms with Gasteiger partial charge >= 0.3 is 0 Å². The van der Waals surface area contributed by atoms with Crippen LogP contribution in [0.1, 0.15) is 25.0 Å². The number of pyridine rings is 1. The van der Waals surface area contributed by atoms with Gasteiger partial charge in [-0.3, -0.25) is 4.68 Å². The van der Waals surface area contributed by atoms with Gasteiger partial charge in [-0.25, -0.2) is 9.37 Å². The lowest BCUT2D eigenvalue weighted by Crippen LogP contribution is -2.14. The van der Waals surface area contributed by atoms with Gasteiger partial charge in [-0.15, -0.1) is 0 Å². The molecule has 2 aromatic heterocycles. The Morgan fingerprint density at radius 3 is 2.93 bits per heavy atom. The maximum Gasteiger partial charge on any atom is 0.166 e. The Morgan fingerprint density at radius 1 is 1.33 bits per heavy atom. The molecule has 1 fully saturated rings. The number of aromatic nitrogens is 3. The molecule has 4 rings (SSSR count). The summed E-state index contributed by atoms with van der Waals surface area (Å²) >= 11 is 12.3. The molecular weight excluding hydrogens is 428 g/mol. The number of hydrogen-bond donors (Lipinski definition) is 2. The highest BCUT2D eigenvalue weighted by molar-refractivity contribution is 6.36. The second-order valence-corrected chi connectivity index (χ2v) is 8.22. The molecule has 2 unspecified atom stereocenters. The average molecular weight is 450 g/mol. The van der Waals surface area contributed by atoms with Crippen molar-refractivity contribution in [3.8, 4) is 16.9 Å². The minimum Gasteiger partial charge on any atom is -0.482 e. The maximum atomic E-state index is 13.9. The molecule has 1 aliphatic rings. The Bertz CT molecular complexity index is 1050. The van der Waals surface area contributed by atoms with Crippen molar-refractivity contribution in [3.63, 3.8) is 0 Å². The first-order valence-electron chi connectivity index (χ1n) is 9.71. The van der Waals surface area contributed by atoms with Crippen LogP contribution in [0.5, 0.6) is 5.75 Å². The summed E-state index contributed by atoms with van der Waals surface area (Å²) in [5, 5.41) is 8.08. The first kappa shape index (κ1) is 20.9. The molecule has 2 atom stereocenters. The molecule has 1 saturated heterocycles. The van der Waals surface area contributed by atoms with Crippen LogP contribution in [0.25, 0.3) is 11.1 Å². The molecule has 1 aliphatic heterocycles. The average Bonchev–Trinajstić information content (AvgIpc) is 3.39. The highest BCUT2D eigenvalue weighted by atomic mass is 35.5. The van der Waals surface area contributed by atoms with Gasteiger partial charge in [0.25, 0.3) is 0 Å². The molecular formula is C21H22Cl2FN5O. The van der Waals surface area contributed by atoms with Crippen molar-refractivity contribution in [1.29, 1.82) is 0 Å². The van der Waals surface area contributed by atoms with E-state index in [1.807, 2.05) is 10.9 Å². The molecule has 0 aliphatic carbocycles. The molecule has 1 aromatic carbocycles. The van der Waals surface area contributed by atoms with E-state index in [0.717, 1.165) is 37.2 Å². The fourth-order valence-electron chi connectivity index (χ4n) is 3.62. The van der Waals surface area contributed by atoms with Gasteiger partial charge in [-0.2, -0.15) is 5.10 Å². The van der Waals surface area contributed by atoms with Gasteiger partial charge in [0.15, 0.2) is 11.6 Å². The fraction of sp³-hybridized carbons (Fsp3) is 0.333. The van der Waals surface area contributed by atoms with Crippen LogP contribution >= 0.6 is 23.2 Å². The number of nitrogen functional groups attached to an aromatic ring is 1. The van der Waals surface area contributed by atoms with E-state index in [0.29, 0.717) is 22.3 Å². The summed E-state index contributed by atoms with van der Waals surface area (Å²) in [7, 11) is 0. The first-order chi connectivity index (χ1) is 14.4. The van der Waals surface area contributed by atoms with Gasteiger partial charge in [0, 0.05) is 40.7 Å². The normalized spacial score (nSPS) is 17.3. The molecule has 3 aromatic rings. The summed E-state index contributed by atoms with van der Waals surface area (Å²) in [5.41, 5.74) is 8.10. The Kier molecular flexibility index (Phi) is 6.13. The second-order valence-electron chi connectivity index (χ2n) is 7.43. The monoisotopic (exact) mass is 449 g/mol. The predicted octanol–water partition coefficient (Wildman–Crippen LogP) is 4.72. The van der Waals surface area contributed by atoms with Gasteiger partial charge in [-0.05, 0) is 50.6 Å². The van der Waals surface area contributed by atoms with Crippen LogP contribution in [0.15, 0.2) is 36.8 Å². The van der Waals surface area contributed by atoms with Crippen LogP contribution in [-0.2, 0) is 6.54 Å². The minimum absolute atomic E-state index is 0.0691. The summed E-state index contributed by atoms with van der Waals surface area (Å²) in [4.78, 5) is 4.24. The quantitative estimate of drug-likeness (QED) is 0.532. The summed E-state index contributed by atoms with van der Waals surface area (Å²) < 4.78 is 21.8. The van der Waals surface area contributed by atoms with Crippen molar-refractivity contribution in [2.45, 2.75) is 26.0 Å². The number of hydrogen-bond acceptors (Lipinski definition) is 5. The van der Waals surface area contributed by atoms with Crippen molar-refractivity contribution in [2.24, 2.45) is 5.92 Å². The van der Waals surface area contributed by atoms with E-state index in [2.05, 4.69) is 15.4 Å². The third-order valence-electron chi connectivity index (χ3n) is 5.25. The highest BCUT2D eigenvalue weighted by Gasteiger charge is 2.20. The van der Waals surface area contributed by atoms with Gasteiger partial charge in [0.2, 0.25) is 0 Å². The summed E-state index contributed by atoms with van der Waals surface area (Å²) in [6.07, 6.45) is 5.98. The molecule has 0 saturated carbocycles. The number of nitrogens with zero attached hydrogens (tertiary/aromatic N) is 3. The molecule has 9 heteroatoms. The molecule has 0 bridgehead atoms. The number of benzene rings is 1. The maximum absolute atomic E-state index is 13.9. The number of anilines is 1. The van der Waals surface area contributed by atoms with Crippen molar-refractivity contribution in [2.75, 3.05) is 18.8 Å². The Balaban J connectivity index is 1.55. The molecule has 0 amide bonds. The third-order valence-corrected chi connectivity index (χ3v) is 5.96. The minimum atomic E-state index is -0.627. The molecule has 3 heterocycles. The Morgan fingerprint density at radius 2 is 2.17 bits per heavy atom. The highest BCUT2D eigenvalue weighted by Crippen LogP contribution is 2.36. The number of ether oxygens (including phenoxy) is 1. The third kappa shape index (κ3) is 4.38. The largest absolute Gasteiger partial charge is 0.482 e. The topological polar surface area (TPSA) is 78.0 Å². The van der Waals surface area contributed by atoms with E-state index in [1.165, 1.54) is 12.1 Å². The fourth-order valence-corrected chi connectivity index (χ4v) is 4.30. The zero-order chi connectivity index (χ0) is 21.3. The molecule has 3 N–H and O–H groups in total. The number of halogens is 3. The standard InChI is InChI=1S/C21H22Cl2FN5O/c1-12(19-16(22)2-3-17(24)20(19)23)30-18-6-14(8-27-21(18)25)15-9-28-29(11-15)10-13-4-5-26-7-13/h2-3,6,8-9,11-13,26H,4-5,7,10H2,1H3,(H2,25,27). The van der Waals surface area contributed by atoms with Gasteiger partial charge in [-0.1, -0.05) is 23.2 Å². The van der Waals surface area contributed by atoms with Gasteiger partial charge < -0.3 is 15.8 Å². The Hall–Kier alpha value is -2.35. The summed E-state index contributed by atoms with van der Waals surface area (Å²) in [6, 6.07) is 4.46. The molecule has 30 heavy (non-hydrogen) atoms.